The number of nitrogens with one attached hydrogen (secondary N) is 1. The van der Waals surface area contributed by atoms with Crippen molar-refractivity contribution >= 4 is 29.8 Å². The second kappa shape index (κ2) is 16.0. The van der Waals surface area contributed by atoms with Crippen LogP contribution in [0.3, 0.4) is 0 Å². The molecule has 0 aromatic carbocycles. The molecule has 206 valence electrons. The zero-order valence-corrected chi connectivity index (χ0v) is 20.8. The Morgan fingerprint density at radius 1 is 0.694 bits per heavy atom. The normalized spacial score (nSPS) is 18.6. The molecule has 1 aliphatic rings. The van der Waals surface area contributed by atoms with Gasteiger partial charge in [0.2, 0.25) is 5.91 Å². The molecule has 0 aromatic rings. The van der Waals surface area contributed by atoms with Crippen molar-refractivity contribution in [3.8, 4) is 0 Å². The Morgan fingerprint density at radius 3 is 1.36 bits per heavy atom. The quantitative estimate of drug-likeness (QED) is 0.167. The Balaban J connectivity index is 3.10. The fourth-order valence-electron chi connectivity index (χ4n) is 3.95. The summed E-state index contributed by atoms with van der Waals surface area (Å²) in [5.74, 6) is -4.67. The molecule has 5 N–H and O–H groups in total. The number of carboxylic acids is 4. The SMILES string of the molecule is CN(C)NC(=O)CCC(C(=O)O)N1CCN(CC(=O)O)CCN(CC(=O)O)CCN(CC(=O)O)CC1. The molecule has 0 spiro atoms. The molecule has 0 bridgehead atoms. The van der Waals surface area contributed by atoms with Crippen LogP contribution in [0.5, 0.6) is 0 Å². The van der Waals surface area contributed by atoms with E-state index in [1.54, 1.807) is 33.7 Å². The van der Waals surface area contributed by atoms with Crippen LogP contribution < -0.4 is 5.43 Å². The number of carbonyl (C=O) groups is 5. The Labute approximate surface area is 209 Å². The Bertz CT molecular complexity index is 734. The third-order valence-corrected chi connectivity index (χ3v) is 5.67. The third-order valence-electron chi connectivity index (χ3n) is 5.67. The standard InChI is InChI=1S/C21H38N6O9/c1-23(2)22-17(28)4-3-16(21(35)36)27-11-9-25(14-19(31)32)7-5-24(13-18(29)30)6-8-26(10-12-27)15-20(33)34/h16H,3-15H2,1-2H3,(H,22,28)(H,29,30)(H,31,32)(H,33,34)(H,35,36). The minimum atomic E-state index is -1.14. The second-order valence-corrected chi connectivity index (χ2v) is 8.87. The van der Waals surface area contributed by atoms with Gasteiger partial charge in [0.1, 0.15) is 6.04 Å². The molecule has 36 heavy (non-hydrogen) atoms. The highest BCUT2D eigenvalue weighted by molar-refractivity contribution is 5.78. The van der Waals surface area contributed by atoms with E-state index < -0.39 is 29.9 Å². The number of aliphatic carboxylic acids is 4. The van der Waals surface area contributed by atoms with Gasteiger partial charge in [0, 0.05) is 72.9 Å². The molecule has 0 aliphatic carbocycles. The average molecular weight is 519 g/mol. The molecule has 15 nitrogen and oxygen atoms in total. The molecule has 0 radical (unpaired) electrons. The van der Waals surface area contributed by atoms with E-state index in [1.165, 1.54) is 5.01 Å². The highest BCUT2D eigenvalue weighted by Gasteiger charge is 2.28. The molecule has 1 aliphatic heterocycles. The molecule has 0 saturated carbocycles. The van der Waals surface area contributed by atoms with Gasteiger partial charge in [-0.05, 0) is 6.42 Å². The summed E-state index contributed by atoms with van der Waals surface area (Å²) in [5.41, 5.74) is 2.56. The zero-order valence-electron chi connectivity index (χ0n) is 20.8. The van der Waals surface area contributed by atoms with Crippen molar-refractivity contribution in [3.63, 3.8) is 0 Å². The van der Waals surface area contributed by atoms with Crippen molar-refractivity contribution in [2.75, 3.05) is 86.1 Å². The Kier molecular flexibility index (Phi) is 13.9. The van der Waals surface area contributed by atoms with Crippen LogP contribution in [0.25, 0.3) is 0 Å². The monoisotopic (exact) mass is 518 g/mol. The molecular weight excluding hydrogens is 480 g/mol. The van der Waals surface area contributed by atoms with Crippen molar-refractivity contribution < 1.29 is 44.4 Å². The van der Waals surface area contributed by atoms with Crippen molar-refractivity contribution in [1.82, 2.24) is 30.0 Å². The number of hydrogen-bond donors (Lipinski definition) is 5. The molecule has 1 rings (SSSR count). The zero-order chi connectivity index (χ0) is 27.3. The highest BCUT2D eigenvalue weighted by atomic mass is 16.4. The van der Waals surface area contributed by atoms with Gasteiger partial charge in [0.25, 0.3) is 0 Å². The van der Waals surface area contributed by atoms with Crippen molar-refractivity contribution in [2.24, 2.45) is 0 Å². The number of amides is 1. The van der Waals surface area contributed by atoms with Crippen molar-refractivity contribution in [3.05, 3.63) is 0 Å². The average Bonchev–Trinajstić information content (AvgIpc) is 2.73. The molecule has 1 fully saturated rings. The maximum atomic E-state index is 12.1. The van der Waals surface area contributed by atoms with E-state index in [9.17, 15) is 44.4 Å². The van der Waals surface area contributed by atoms with Crippen molar-refractivity contribution in [2.45, 2.75) is 18.9 Å². The Morgan fingerprint density at radius 2 is 1.06 bits per heavy atom. The summed E-state index contributed by atoms with van der Waals surface area (Å²) < 4.78 is 0. The third kappa shape index (κ3) is 13.3. The lowest BCUT2D eigenvalue weighted by atomic mass is 10.1. The highest BCUT2D eigenvalue weighted by Crippen LogP contribution is 2.10. The summed E-state index contributed by atoms with van der Waals surface area (Å²) in [7, 11) is 3.27. The number of carbonyl (C=O) groups excluding carboxylic acids is 1. The fourth-order valence-corrected chi connectivity index (χ4v) is 3.95. The number of hydrogen-bond acceptors (Lipinski definition) is 10. The molecule has 0 aromatic heterocycles. The minimum Gasteiger partial charge on any atom is -0.480 e. The fraction of sp³-hybridized carbons (Fsp3) is 0.762. The maximum Gasteiger partial charge on any atom is 0.320 e. The van der Waals surface area contributed by atoms with Crippen LogP contribution >= 0.6 is 0 Å². The number of nitrogens with zero attached hydrogens (tertiary/aromatic N) is 5. The van der Waals surface area contributed by atoms with E-state index in [0.29, 0.717) is 0 Å². The van der Waals surface area contributed by atoms with Gasteiger partial charge >= 0.3 is 23.9 Å². The largest absolute Gasteiger partial charge is 0.480 e. The van der Waals surface area contributed by atoms with E-state index in [2.05, 4.69) is 5.43 Å². The lowest BCUT2D eigenvalue weighted by Crippen LogP contribution is -2.52. The van der Waals surface area contributed by atoms with Gasteiger partial charge in [-0.15, -0.1) is 0 Å². The van der Waals surface area contributed by atoms with Crippen LogP contribution in [-0.2, 0) is 24.0 Å². The molecular formula is C21H38N6O9. The number of rotatable bonds is 12. The lowest BCUT2D eigenvalue weighted by Gasteiger charge is -2.35. The van der Waals surface area contributed by atoms with Crippen LogP contribution in [0, 0.1) is 0 Å². The second-order valence-electron chi connectivity index (χ2n) is 8.87. The van der Waals surface area contributed by atoms with Crippen LogP contribution in [0.2, 0.25) is 0 Å². The predicted molar refractivity (Wildman–Crippen MR) is 126 cm³/mol. The molecule has 1 unspecified atom stereocenters. The maximum absolute atomic E-state index is 12.1. The van der Waals surface area contributed by atoms with E-state index >= 15 is 0 Å². The first kappa shape index (κ1) is 31.2. The summed E-state index contributed by atoms with van der Waals surface area (Å²) in [6.07, 6.45) is -0.0350. The summed E-state index contributed by atoms with van der Waals surface area (Å²) in [6, 6.07) is -1.04. The van der Waals surface area contributed by atoms with Crippen LogP contribution in [0.1, 0.15) is 12.8 Å². The van der Waals surface area contributed by atoms with E-state index in [4.69, 9.17) is 0 Å². The van der Waals surface area contributed by atoms with Gasteiger partial charge in [-0.1, -0.05) is 0 Å². The molecule has 1 atom stereocenters. The number of hydrazine groups is 1. The Hall–Kier alpha value is -2.85. The van der Waals surface area contributed by atoms with Gasteiger partial charge in [0.15, 0.2) is 0 Å². The summed E-state index contributed by atoms with van der Waals surface area (Å²) in [4.78, 5) is 64.6. The van der Waals surface area contributed by atoms with Crippen LogP contribution in [-0.4, -0.2) is 167 Å². The predicted octanol–water partition coefficient (Wildman–Crippen LogP) is -2.71. The molecule has 15 heteroatoms. The summed E-state index contributed by atoms with van der Waals surface area (Å²) in [5, 5.41) is 39.1. The molecule has 1 saturated heterocycles. The van der Waals surface area contributed by atoms with Gasteiger partial charge in [-0.3, -0.25) is 49.0 Å². The van der Waals surface area contributed by atoms with Crippen LogP contribution in [0.4, 0.5) is 0 Å². The lowest BCUT2D eigenvalue weighted by molar-refractivity contribution is -0.145. The topological polar surface area (TPSA) is 194 Å². The van der Waals surface area contributed by atoms with Crippen LogP contribution in [0.15, 0.2) is 0 Å². The first-order chi connectivity index (χ1) is 16.9. The summed E-state index contributed by atoms with van der Waals surface area (Å²) >= 11 is 0. The first-order valence-corrected chi connectivity index (χ1v) is 11.6. The van der Waals surface area contributed by atoms with Gasteiger partial charge < -0.3 is 20.4 Å². The first-order valence-electron chi connectivity index (χ1n) is 11.6. The molecule has 1 amide bonds. The van der Waals surface area contributed by atoms with Gasteiger partial charge in [0.05, 0.1) is 19.6 Å². The van der Waals surface area contributed by atoms with Gasteiger partial charge in [-0.25, -0.2) is 5.01 Å². The minimum absolute atomic E-state index is 0.0132. The van der Waals surface area contributed by atoms with Crippen molar-refractivity contribution in [1.29, 1.82) is 0 Å². The molecule has 1 heterocycles. The smallest absolute Gasteiger partial charge is 0.320 e. The van der Waals surface area contributed by atoms with E-state index in [1.807, 2.05) is 0 Å². The summed E-state index contributed by atoms with van der Waals surface area (Å²) in [6.45, 7) is 0.792. The van der Waals surface area contributed by atoms with E-state index in [0.717, 1.165) is 0 Å². The number of carboxylic acid groups (broad SMARTS) is 4. The van der Waals surface area contributed by atoms with E-state index in [-0.39, 0.29) is 90.7 Å². The van der Waals surface area contributed by atoms with Gasteiger partial charge in [-0.2, -0.15) is 0 Å².